The van der Waals surface area contributed by atoms with Crippen molar-refractivity contribution < 1.29 is 61.9 Å². The Balaban J connectivity index is 1.91. The lowest BCUT2D eigenvalue weighted by Gasteiger charge is -2.43. The van der Waals surface area contributed by atoms with Crippen LogP contribution in [0.15, 0.2) is 30.3 Å². The molecule has 0 spiro atoms. The van der Waals surface area contributed by atoms with Gasteiger partial charge in [0.05, 0.1) is 19.8 Å². The summed E-state index contributed by atoms with van der Waals surface area (Å²) in [6, 6.07) is 9.19. The molecule has 3 N–H and O–H groups in total. The van der Waals surface area contributed by atoms with E-state index in [1.807, 2.05) is 30.3 Å². The Kier molecular flexibility index (Phi) is 13.6. The summed E-state index contributed by atoms with van der Waals surface area (Å²) >= 11 is 0. The number of primary amides is 1. The molecule has 15 heteroatoms. The third-order valence-electron chi connectivity index (χ3n) is 5.14. The second-order valence-corrected chi connectivity index (χ2v) is 8.37. The fraction of sp³-hybridized carbons (Fsp3) is 0.560. The van der Waals surface area contributed by atoms with Crippen molar-refractivity contribution in [1.29, 1.82) is 0 Å². The van der Waals surface area contributed by atoms with Gasteiger partial charge < -0.3 is 48.9 Å². The molecule has 1 aliphatic rings. The van der Waals surface area contributed by atoms with Crippen LogP contribution in [0.1, 0.15) is 26.3 Å². The molecule has 2 rings (SSSR count). The van der Waals surface area contributed by atoms with E-state index in [0.717, 1.165) is 26.3 Å². The van der Waals surface area contributed by atoms with E-state index in [-0.39, 0.29) is 33.0 Å². The van der Waals surface area contributed by atoms with Crippen LogP contribution in [-0.2, 0) is 58.9 Å². The van der Waals surface area contributed by atoms with Crippen molar-refractivity contribution >= 4 is 30.1 Å². The highest BCUT2D eigenvalue weighted by Gasteiger charge is 2.52. The first kappa shape index (κ1) is 32.3. The van der Waals surface area contributed by atoms with Gasteiger partial charge >= 0.3 is 30.1 Å². The molecule has 0 aliphatic carbocycles. The van der Waals surface area contributed by atoms with Crippen molar-refractivity contribution in [1.82, 2.24) is 5.32 Å². The number of benzene rings is 1. The normalized spacial score (nSPS) is 21.9. The van der Waals surface area contributed by atoms with Gasteiger partial charge in [-0.3, -0.25) is 14.4 Å². The molecule has 0 bridgehead atoms. The van der Waals surface area contributed by atoms with Gasteiger partial charge in [-0.25, -0.2) is 9.59 Å². The molecule has 1 aromatic carbocycles. The molecular weight excluding hydrogens is 536 g/mol. The van der Waals surface area contributed by atoms with Crippen LogP contribution < -0.4 is 11.1 Å². The van der Waals surface area contributed by atoms with E-state index in [1.54, 1.807) is 0 Å². The molecule has 2 amide bonds. The second kappa shape index (κ2) is 16.9. The SMILES string of the molecule is CC(=O)OC[C@@H]1OC(OCCOCCNC(=O)OCc2ccccc2)[C@@H](OC(C)=O)[C@@H](OC(N)=O)[C@@H]1OC(C)=O. The maximum Gasteiger partial charge on any atom is 0.407 e. The number of nitrogens with two attached hydrogens (primary N) is 1. The average molecular weight is 571 g/mol. The third-order valence-corrected chi connectivity index (χ3v) is 5.14. The monoisotopic (exact) mass is 570 g/mol. The second-order valence-electron chi connectivity index (χ2n) is 8.37. The first-order chi connectivity index (χ1) is 19.1. The van der Waals surface area contributed by atoms with Crippen LogP contribution in [-0.4, -0.2) is 93.8 Å². The van der Waals surface area contributed by atoms with E-state index in [1.165, 1.54) is 0 Å². The molecular formula is C25H34N2O13. The highest BCUT2D eigenvalue weighted by Crippen LogP contribution is 2.29. The summed E-state index contributed by atoms with van der Waals surface area (Å²) in [7, 11) is 0. The van der Waals surface area contributed by atoms with Crippen LogP contribution in [0.5, 0.6) is 0 Å². The number of ether oxygens (including phenoxy) is 8. The van der Waals surface area contributed by atoms with Gasteiger partial charge in [-0.05, 0) is 5.56 Å². The standard InChI is InChI=1S/C25H34N2O13/c1-15(28)35-14-19-20(37-16(2)29)21(40-24(26)31)22(38-17(3)30)23(39-19)34-12-11-33-10-9-27-25(32)36-13-18-7-5-4-6-8-18/h4-8,19-23H,9-14H2,1-3H3,(H2,26,31)(H,27,32)/t19-,20+,21-,22-,23?/m0/s1. The number of nitrogens with one attached hydrogen (secondary N) is 1. The lowest BCUT2D eigenvalue weighted by atomic mass is 9.98. The summed E-state index contributed by atoms with van der Waals surface area (Å²) in [5.41, 5.74) is 6.04. The van der Waals surface area contributed by atoms with Crippen LogP contribution in [0.4, 0.5) is 9.59 Å². The third kappa shape index (κ3) is 11.8. The Morgan fingerprint density at radius 1 is 0.825 bits per heavy atom. The Morgan fingerprint density at radius 3 is 2.12 bits per heavy atom. The molecule has 0 aromatic heterocycles. The number of carbonyl (C=O) groups excluding carboxylic acids is 5. The molecule has 0 saturated carbocycles. The van der Waals surface area contributed by atoms with Gasteiger partial charge in [-0.15, -0.1) is 0 Å². The highest BCUT2D eigenvalue weighted by molar-refractivity contribution is 5.68. The molecule has 1 saturated heterocycles. The van der Waals surface area contributed by atoms with Crippen LogP contribution in [0.2, 0.25) is 0 Å². The van der Waals surface area contributed by atoms with E-state index < -0.39 is 67.4 Å². The van der Waals surface area contributed by atoms with Crippen LogP contribution >= 0.6 is 0 Å². The zero-order valence-corrected chi connectivity index (χ0v) is 22.4. The minimum atomic E-state index is -1.45. The van der Waals surface area contributed by atoms with Gasteiger partial charge in [0.1, 0.15) is 19.3 Å². The summed E-state index contributed by atoms with van der Waals surface area (Å²) in [4.78, 5) is 58.3. The minimum Gasteiger partial charge on any atom is -0.463 e. The van der Waals surface area contributed by atoms with Crippen LogP contribution in [0.3, 0.4) is 0 Å². The summed E-state index contributed by atoms with van der Waals surface area (Å²) in [5, 5.41) is 2.54. The molecule has 40 heavy (non-hydrogen) atoms. The first-order valence-electron chi connectivity index (χ1n) is 12.3. The van der Waals surface area contributed by atoms with Crippen LogP contribution in [0, 0.1) is 0 Å². The predicted molar refractivity (Wildman–Crippen MR) is 132 cm³/mol. The van der Waals surface area contributed by atoms with Gasteiger partial charge in [0, 0.05) is 27.3 Å². The molecule has 15 nitrogen and oxygen atoms in total. The van der Waals surface area contributed by atoms with Gasteiger partial charge in [0.15, 0.2) is 24.6 Å². The lowest BCUT2D eigenvalue weighted by Crippen LogP contribution is -2.63. The Bertz CT molecular complexity index is 990. The summed E-state index contributed by atoms with van der Waals surface area (Å²) in [6.45, 7) is 3.30. The average Bonchev–Trinajstić information content (AvgIpc) is 2.88. The van der Waals surface area contributed by atoms with E-state index in [0.29, 0.717) is 0 Å². The van der Waals surface area contributed by atoms with E-state index in [2.05, 4.69) is 5.32 Å². The Labute approximate surface area is 230 Å². The van der Waals surface area contributed by atoms with Crippen molar-refractivity contribution in [2.24, 2.45) is 5.73 Å². The van der Waals surface area contributed by atoms with Gasteiger partial charge in [0.25, 0.3) is 0 Å². The number of hydrogen-bond donors (Lipinski definition) is 2. The number of alkyl carbamates (subject to hydrolysis) is 1. The van der Waals surface area contributed by atoms with Crippen LogP contribution in [0.25, 0.3) is 0 Å². The zero-order chi connectivity index (χ0) is 29.5. The lowest BCUT2D eigenvalue weighted by molar-refractivity contribution is -0.306. The molecule has 5 atom stereocenters. The van der Waals surface area contributed by atoms with Crippen molar-refractivity contribution in [3.05, 3.63) is 35.9 Å². The fourth-order valence-corrected chi connectivity index (χ4v) is 3.59. The number of carbonyl (C=O) groups is 5. The topological polar surface area (TPSA) is 197 Å². The Hall–Kier alpha value is -3.95. The van der Waals surface area contributed by atoms with Crippen molar-refractivity contribution in [2.45, 2.75) is 58.1 Å². The molecule has 1 fully saturated rings. The van der Waals surface area contributed by atoms with E-state index >= 15 is 0 Å². The quantitative estimate of drug-likeness (QED) is 0.179. The first-order valence-corrected chi connectivity index (χ1v) is 12.3. The molecule has 1 aromatic rings. The maximum absolute atomic E-state index is 11.8. The van der Waals surface area contributed by atoms with Gasteiger partial charge in [0.2, 0.25) is 0 Å². The molecule has 1 aliphatic heterocycles. The molecule has 0 radical (unpaired) electrons. The smallest absolute Gasteiger partial charge is 0.407 e. The molecule has 1 unspecified atom stereocenters. The molecule has 222 valence electrons. The number of rotatable bonds is 14. The summed E-state index contributed by atoms with van der Waals surface area (Å²) in [6.07, 6.45) is -8.57. The van der Waals surface area contributed by atoms with Gasteiger partial charge in [-0.1, -0.05) is 30.3 Å². The number of hydrogen-bond acceptors (Lipinski definition) is 13. The van der Waals surface area contributed by atoms with Crippen molar-refractivity contribution in [3.63, 3.8) is 0 Å². The number of amides is 2. The Morgan fingerprint density at radius 2 is 1.50 bits per heavy atom. The minimum absolute atomic E-state index is 0.0245. The van der Waals surface area contributed by atoms with Gasteiger partial charge in [-0.2, -0.15) is 0 Å². The maximum atomic E-state index is 11.8. The largest absolute Gasteiger partial charge is 0.463 e. The number of esters is 3. The summed E-state index contributed by atoms with van der Waals surface area (Å²) in [5.74, 6) is -2.20. The predicted octanol–water partition coefficient (Wildman–Crippen LogP) is 0.561. The zero-order valence-electron chi connectivity index (χ0n) is 22.4. The fourth-order valence-electron chi connectivity index (χ4n) is 3.59. The van der Waals surface area contributed by atoms with Crippen molar-refractivity contribution in [3.8, 4) is 0 Å². The van der Waals surface area contributed by atoms with E-state index in [9.17, 15) is 24.0 Å². The summed E-state index contributed by atoms with van der Waals surface area (Å²) < 4.78 is 42.6. The molecule has 1 heterocycles. The van der Waals surface area contributed by atoms with E-state index in [4.69, 9.17) is 43.6 Å². The highest BCUT2D eigenvalue weighted by atomic mass is 16.7. The van der Waals surface area contributed by atoms with Crippen molar-refractivity contribution in [2.75, 3.05) is 33.0 Å².